The maximum Gasteiger partial charge on any atom is 0.328 e. The Bertz CT molecular complexity index is 1180. The van der Waals surface area contributed by atoms with Crippen LogP contribution in [0, 0.1) is 5.92 Å². The van der Waals surface area contributed by atoms with Crippen LogP contribution in [0.5, 0.6) is 0 Å². The number of fused-ring (bicyclic) bond motifs is 1. The summed E-state index contributed by atoms with van der Waals surface area (Å²) in [6, 6.07) is 13.0. The third-order valence-electron chi connectivity index (χ3n) is 6.30. The molecule has 1 saturated heterocycles. The molecule has 0 radical (unpaired) electrons. The summed E-state index contributed by atoms with van der Waals surface area (Å²) in [4.78, 5) is 26.7. The first kappa shape index (κ1) is 25.6. The first-order valence-electron chi connectivity index (χ1n) is 11.8. The number of esters is 1. The summed E-state index contributed by atoms with van der Waals surface area (Å²) in [5, 5.41) is 5.56. The highest BCUT2D eigenvalue weighted by atomic mass is 35.5. The van der Waals surface area contributed by atoms with E-state index in [9.17, 15) is 4.79 Å². The van der Waals surface area contributed by atoms with E-state index in [0.717, 1.165) is 55.0 Å². The van der Waals surface area contributed by atoms with Gasteiger partial charge in [0.15, 0.2) is 0 Å². The van der Waals surface area contributed by atoms with Crippen LogP contribution >= 0.6 is 23.2 Å². The van der Waals surface area contributed by atoms with Gasteiger partial charge in [-0.15, -0.1) is 0 Å². The van der Waals surface area contributed by atoms with E-state index in [1.54, 1.807) is 6.07 Å². The molecule has 9 heteroatoms. The second-order valence-corrected chi connectivity index (χ2v) is 10.0. The molecule has 1 aliphatic heterocycles. The van der Waals surface area contributed by atoms with Crippen molar-refractivity contribution in [3.8, 4) is 0 Å². The van der Waals surface area contributed by atoms with E-state index in [0.29, 0.717) is 22.4 Å². The lowest BCUT2D eigenvalue weighted by Gasteiger charge is -2.34. The van der Waals surface area contributed by atoms with Crippen LogP contribution in [0.15, 0.2) is 42.5 Å². The molecule has 0 bridgehead atoms. The number of anilines is 1. The van der Waals surface area contributed by atoms with Gasteiger partial charge >= 0.3 is 5.97 Å². The normalized spacial score (nSPS) is 15.9. The van der Waals surface area contributed by atoms with Crippen LogP contribution in [0.25, 0.3) is 10.9 Å². The van der Waals surface area contributed by atoms with Crippen molar-refractivity contribution in [1.82, 2.24) is 19.8 Å². The number of hydrogen-bond acceptors (Lipinski definition) is 7. The Hall–Kier alpha value is -2.45. The van der Waals surface area contributed by atoms with Gasteiger partial charge in [0.05, 0.1) is 19.2 Å². The lowest BCUT2D eigenvalue weighted by atomic mass is 10.0. The molecule has 3 aromatic rings. The van der Waals surface area contributed by atoms with Gasteiger partial charge in [0.25, 0.3) is 0 Å². The molecule has 4 rings (SSSR count). The number of rotatable bonds is 8. The summed E-state index contributed by atoms with van der Waals surface area (Å²) in [6.07, 6.45) is 0. The zero-order chi connectivity index (χ0) is 24.9. The van der Waals surface area contributed by atoms with E-state index >= 15 is 0 Å². The van der Waals surface area contributed by atoms with Crippen molar-refractivity contribution in [2.24, 2.45) is 5.92 Å². The van der Waals surface area contributed by atoms with Crippen LogP contribution in [-0.4, -0.2) is 65.1 Å². The molecular formula is C26H31Cl2N5O2. The predicted molar refractivity (Wildman–Crippen MR) is 141 cm³/mol. The van der Waals surface area contributed by atoms with Gasteiger partial charge in [-0.05, 0) is 35.7 Å². The van der Waals surface area contributed by atoms with E-state index < -0.39 is 6.04 Å². The summed E-state index contributed by atoms with van der Waals surface area (Å²) in [5.41, 5.74) is 1.94. The summed E-state index contributed by atoms with van der Waals surface area (Å²) < 4.78 is 5.00. The van der Waals surface area contributed by atoms with Crippen LogP contribution in [0.2, 0.25) is 10.0 Å². The highest BCUT2D eigenvalue weighted by Gasteiger charge is 2.25. The molecule has 0 spiro atoms. The molecule has 1 aliphatic rings. The number of aromatic nitrogens is 2. The van der Waals surface area contributed by atoms with Crippen molar-refractivity contribution in [3.63, 3.8) is 0 Å². The van der Waals surface area contributed by atoms with Crippen LogP contribution in [0.3, 0.4) is 0 Å². The van der Waals surface area contributed by atoms with Crippen molar-refractivity contribution in [2.45, 2.75) is 33.0 Å². The van der Waals surface area contributed by atoms with E-state index in [4.69, 9.17) is 37.9 Å². The SMILES string of the molecule is COC(=O)[C@@H](Nc1nc(CN2CCN(Cc3ccc(Cl)cc3Cl)CC2)nc2ccccc12)C(C)C. The number of benzene rings is 2. The monoisotopic (exact) mass is 515 g/mol. The Labute approximate surface area is 216 Å². The molecule has 0 saturated carbocycles. The Kier molecular flexibility index (Phi) is 8.44. The molecule has 0 unspecified atom stereocenters. The fraction of sp³-hybridized carbons (Fsp3) is 0.423. The summed E-state index contributed by atoms with van der Waals surface area (Å²) in [6.45, 7) is 9.06. The lowest BCUT2D eigenvalue weighted by Crippen LogP contribution is -2.45. The molecule has 1 N–H and O–H groups in total. The number of piperazine rings is 1. The van der Waals surface area contributed by atoms with Gasteiger partial charge in [-0.2, -0.15) is 0 Å². The van der Waals surface area contributed by atoms with E-state index in [-0.39, 0.29) is 11.9 Å². The molecule has 0 aliphatic carbocycles. The van der Waals surface area contributed by atoms with Crippen LogP contribution in [0.4, 0.5) is 5.82 Å². The first-order chi connectivity index (χ1) is 16.8. The molecule has 186 valence electrons. The number of carbonyl (C=O) groups is 1. The Balaban J connectivity index is 1.45. The minimum absolute atomic E-state index is 0.0434. The average Bonchev–Trinajstić information content (AvgIpc) is 2.84. The van der Waals surface area contributed by atoms with E-state index in [2.05, 4.69) is 15.1 Å². The number of nitrogens with zero attached hydrogens (tertiary/aromatic N) is 4. The van der Waals surface area contributed by atoms with Gasteiger partial charge in [0, 0.05) is 48.2 Å². The zero-order valence-corrected chi connectivity index (χ0v) is 21.8. The molecular weight excluding hydrogens is 485 g/mol. The zero-order valence-electron chi connectivity index (χ0n) is 20.3. The van der Waals surface area contributed by atoms with Gasteiger partial charge in [0.2, 0.25) is 0 Å². The lowest BCUT2D eigenvalue weighted by molar-refractivity contribution is -0.142. The maximum absolute atomic E-state index is 12.3. The highest BCUT2D eigenvalue weighted by molar-refractivity contribution is 6.35. The van der Waals surface area contributed by atoms with Crippen LogP contribution in [-0.2, 0) is 22.6 Å². The fourth-order valence-electron chi connectivity index (χ4n) is 4.27. The van der Waals surface area contributed by atoms with E-state index in [1.165, 1.54) is 7.11 Å². The van der Waals surface area contributed by atoms with Gasteiger partial charge in [0.1, 0.15) is 17.7 Å². The highest BCUT2D eigenvalue weighted by Crippen LogP contribution is 2.25. The number of ether oxygens (including phenoxy) is 1. The smallest absolute Gasteiger partial charge is 0.328 e. The standard InChI is InChI=1S/C26H31Cl2N5O2/c1-17(2)24(26(34)35-3)31-25-20-6-4-5-7-22(20)29-23(30-25)16-33-12-10-32(11-13-33)15-18-8-9-19(27)14-21(18)28/h4-9,14,17,24H,10-13,15-16H2,1-3H3,(H,29,30,31)/t24-/m0/s1. The quantitative estimate of drug-likeness (QED) is 0.429. The summed E-state index contributed by atoms with van der Waals surface area (Å²) in [5.74, 6) is 1.13. The minimum atomic E-state index is -0.491. The molecule has 2 heterocycles. The third kappa shape index (κ3) is 6.41. The molecule has 1 aromatic heterocycles. The average molecular weight is 516 g/mol. The largest absolute Gasteiger partial charge is 0.467 e. The molecule has 2 aromatic carbocycles. The number of para-hydroxylation sites is 1. The topological polar surface area (TPSA) is 70.6 Å². The molecule has 7 nitrogen and oxygen atoms in total. The number of nitrogens with one attached hydrogen (secondary N) is 1. The third-order valence-corrected chi connectivity index (χ3v) is 6.89. The Morgan fingerprint density at radius 2 is 1.71 bits per heavy atom. The van der Waals surface area contributed by atoms with Gasteiger partial charge in [-0.25, -0.2) is 14.8 Å². The number of hydrogen-bond donors (Lipinski definition) is 1. The van der Waals surface area contributed by atoms with Crippen molar-refractivity contribution >= 4 is 45.9 Å². The molecule has 1 atom stereocenters. The maximum atomic E-state index is 12.3. The second kappa shape index (κ2) is 11.5. The first-order valence-corrected chi connectivity index (χ1v) is 12.6. The van der Waals surface area contributed by atoms with Crippen LogP contribution in [0.1, 0.15) is 25.2 Å². The molecule has 35 heavy (non-hydrogen) atoms. The minimum Gasteiger partial charge on any atom is -0.467 e. The predicted octanol–water partition coefficient (Wildman–Crippen LogP) is 4.86. The van der Waals surface area contributed by atoms with Gasteiger partial charge in [-0.1, -0.05) is 55.2 Å². The van der Waals surface area contributed by atoms with Crippen molar-refractivity contribution < 1.29 is 9.53 Å². The number of halogens is 2. The van der Waals surface area contributed by atoms with Crippen molar-refractivity contribution in [2.75, 3.05) is 38.6 Å². The summed E-state index contributed by atoms with van der Waals surface area (Å²) >= 11 is 12.4. The Morgan fingerprint density at radius 3 is 2.37 bits per heavy atom. The van der Waals surface area contributed by atoms with Crippen LogP contribution < -0.4 is 5.32 Å². The number of methoxy groups -OCH3 is 1. The molecule has 0 amide bonds. The van der Waals surface area contributed by atoms with Gasteiger partial charge < -0.3 is 10.1 Å². The second-order valence-electron chi connectivity index (χ2n) is 9.18. The fourth-order valence-corrected chi connectivity index (χ4v) is 4.74. The number of carbonyl (C=O) groups excluding carboxylic acids is 1. The van der Waals surface area contributed by atoms with Crippen molar-refractivity contribution in [1.29, 1.82) is 0 Å². The molecule has 1 fully saturated rings. The van der Waals surface area contributed by atoms with E-state index in [1.807, 2.05) is 50.2 Å². The van der Waals surface area contributed by atoms with Crippen molar-refractivity contribution in [3.05, 3.63) is 63.9 Å². The summed E-state index contributed by atoms with van der Waals surface area (Å²) in [7, 11) is 1.41. The Morgan fingerprint density at radius 1 is 1.03 bits per heavy atom. The van der Waals surface area contributed by atoms with Gasteiger partial charge in [-0.3, -0.25) is 9.80 Å².